The third kappa shape index (κ3) is 2.72. The minimum atomic E-state index is -0.852. The molecular weight excluding hydrogens is 350 g/mol. The van der Waals surface area contributed by atoms with Gasteiger partial charge in [-0.05, 0) is 44.4 Å². The summed E-state index contributed by atoms with van der Waals surface area (Å²) in [4.78, 5) is 43.4. The van der Waals surface area contributed by atoms with E-state index in [1.807, 2.05) is 37.3 Å². The van der Waals surface area contributed by atoms with Crippen molar-refractivity contribution in [2.24, 2.45) is 11.8 Å². The summed E-state index contributed by atoms with van der Waals surface area (Å²) in [5.74, 6) is -1.53. The molecule has 0 spiro atoms. The first-order valence-corrected chi connectivity index (χ1v) is 9.47. The molecule has 0 bridgehead atoms. The number of fused-ring (bicyclic) bond motifs is 2. The van der Waals surface area contributed by atoms with E-state index in [4.69, 9.17) is 0 Å². The van der Waals surface area contributed by atoms with Crippen LogP contribution < -0.4 is 5.32 Å². The van der Waals surface area contributed by atoms with E-state index in [0.717, 1.165) is 20.7 Å². The van der Waals surface area contributed by atoms with Gasteiger partial charge in [0.05, 0.1) is 22.1 Å². The molecule has 3 atom stereocenters. The van der Waals surface area contributed by atoms with Crippen LogP contribution in [0.1, 0.15) is 25.3 Å². The van der Waals surface area contributed by atoms with Crippen LogP contribution in [-0.2, 0) is 14.4 Å². The van der Waals surface area contributed by atoms with E-state index in [0.29, 0.717) is 18.0 Å². The highest BCUT2D eigenvalue weighted by Gasteiger charge is 2.50. The number of aromatic nitrogens is 1. The summed E-state index contributed by atoms with van der Waals surface area (Å²) in [6, 6.07) is 5.03. The number of anilines is 1. The standard InChI is InChI=1S/C19H19N3O3S/c1-10-7-8-14-15(9-10)26-19(20-14)21-16(23)11(2)22-17(24)12-5-3-4-6-13(12)18(22)25/h3-4,7-9,11-13H,5-6H2,1-2H3,(H,20,21,23)/t11-,12+,13+/m1/s1. The maximum atomic E-state index is 12.6. The summed E-state index contributed by atoms with van der Waals surface area (Å²) in [6.45, 7) is 3.59. The van der Waals surface area contributed by atoms with Crippen LogP contribution in [0, 0.1) is 18.8 Å². The Bertz CT molecular complexity index is 923. The summed E-state index contributed by atoms with van der Waals surface area (Å²) < 4.78 is 0.985. The second kappa shape index (κ2) is 6.32. The van der Waals surface area contributed by atoms with Crippen LogP contribution >= 0.6 is 11.3 Å². The molecule has 4 rings (SSSR count). The molecule has 134 valence electrons. The van der Waals surface area contributed by atoms with Gasteiger partial charge in [-0.3, -0.25) is 19.3 Å². The average Bonchev–Trinajstić information content (AvgIpc) is 3.13. The van der Waals surface area contributed by atoms with E-state index >= 15 is 0 Å². The van der Waals surface area contributed by atoms with E-state index in [1.165, 1.54) is 11.3 Å². The van der Waals surface area contributed by atoms with Crippen LogP contribution in [0.25, 0.3) is 10.2 Å². The van der Waals surface area contributed by atoms with Gasteiger partial charge in [-0.2, -0.15) is 0 Å². The number of allylic oxidation sites excluding steroid dienone is 2. The fourth-order valence-electron chi connectivity index (χ4n) is 3.62. The molecule has 1 aliphatic heterocycles. The molecule has 2 aliphatic rings. The predicted octanol–water partition coefficient (Wildman–Crippen LogP) is 2.88. The highest BCUT2D eigenvalue weighted by molar-refractivity contribution is 7.22. The Morgan fingerprint density at radius 3 is 2.54 bits per heavy atom. The number of likely N-dealkylation sites (tertiary alicyclic amines) is 1. The van der Waals surface area contributed by atoms with Crippen LogP contribution in [-0.4, -0.2) is 33.6 Å². The van der Waals surface area contributed by atoms with Crippen molar-refractivity contribution in [1.29, 1.82) is 0 Å². The lowest BCUT2D eigenvalue weighted by Gasteiger charge is -2.21. The number of nitrogens with zero attached hydrogens (tertiary/aromatic N) is 2. The Morgan fingerprint density at radius 1 is 1.23 bits per heavy atom. The number of hydrogen-bond acceptors (Lipinski definition) is 5. The molecule has 2 aromatic rings. The normalized spacial score (nSPS) is 23.4. The molecule has 3 amide bonds. The third-order valence-electron chi connectivity index (χ3n) is 5.08. The molecule has 1 N–H and O–H groups in total. The average molecular weight is 369 g/mol. The number of benzene rings is 1. The van der Waals surface area contributed by atoms with Gasteiger partial charge in [0.1, 0.15) is 6.04 Å². The van der Waals surface area contributed by atoms with Crippen LogP contribution in [0.15, 0.2) is 30.4 Å². The first-order valence-electron chi connectivity index (χ1n) is 8.65. The molecule has 7 heteroatoms. The highest BCUT2D eigenvalue weighted by Crippen LogP contribution is 2.36. The van der Waals surface area contributed by atoms with Crippen molar-refractivity contribution in [3.63, 3.8) is 0 Å². The summed E-state index contributed by atoms with van der Waals surface area (Å²) in [7, 11) is 0. The van der Waals surface area contributed by atoms with Gasteiger partial charge < -0.3 is 5.32 Å². The van der Waals surface area contributed by atoms with E-state index < -0.39 is 11.9 Å². The number of rotatable bonds is 3. The molecule has 2 heterocycles. The van der Waals surface area contributed by atoms with Gasteiger partial charge in [0.2, 0.25) is 17.7 Å². The first-order chi connectivity index (χ1) is 12.5. The van der Waals surface area contributed by atoms with E-state index in [-0.39, 0.29) is 23.7 Å². The minimum Gasteiger partial charge on any atom is -0.300 e. The minimum absolute atomic E-state index is 0.244. The van der Waals surface area contributed by atoms with Gasteiger partial charge in [0.15, 0.2) is 5.13 Å². The van der Waals surface area contributed by atoms with Crippen molar-refractivity contribution in [1.82, 2.24) is 9.88 Å². The van der Waals surface area contributed by atoms with Crippen LogP contribution in [0.4, 0.5) is 5.13 Å². The van der Waals surface area contributed by atoms with Crippen molar-refractivity contribution in [3.05, 3.63) is 35.9 Å². The highest BCUT2D eigenvalue weighted by atomic mass is 32.1. The fourth-order valence-corrected chi connectivity index (χ4v) is 4.59. The van der Waals surface area contributed by atoms with Crippen molar-refractivity contribution in [2.45, 2.75) is 32.7 Å². The Kier molecular flexibility index (Phi) is 4.11. The number of thiazole rings is 1. The van der Waals surface area contributed by atoms with Gasteiger partial charge >= 0.3 is 0 Å². The zero-order valence-electron chi connectivity index (χ0n) is 14.6. The maximum Gasteiger partial charge on any atom is 0.249 e. The van der Waals surface area contributed by atoms with Crippen molar-refractivity contribution >= 4 is 44.4 Å². The van der Waals surface area contributed by atoms with E-state index in [1.54, 1.807) is 6.92 Å². The Hall–Kier alpha value is -2.54. The molecule has 1 fully saturated rings. The Labute approximate surface area is 154 Å². The van der Waals surface area contributed by atoms with Gasteiger partial charge in [-0.25, -0.2) is 4.98 Å². The number of aryl methyl sites for hydroxylation is 1. The van der Waals surface area contributed by atoms with Crippen molar-refractivity contribution in [2.75, 3.05) is 5.32 Å². The zero-order valence-corrected chi connectivity index (χ0v) is 15.4. The number of amides is 3. The molecular formula is C19H19N3O3S. The second-order valence-electron chi connectivity index (χ2n) is 6.86. The van der Waals surface area contributed by atoms with Crippen LogP contribution in [0.5, 0.6) is 0 Å². The van der Waals surface area contributed by atoms with Crippen LogP contribution in [0.3, 0.4) is 0 Å². The zero-order chi connectivity index (χ0) is 18.4. The largest absolute Gasteiger partial charge is 0.300 e. The summed E-state index contributed by atoms with van der Waals surface area (Å²) in [6.07, 6.45) is 5.00. The smallest absolute Gasteiger partial charge is 0.249 e. The quantitative estimate of drug-likeness (QED) is 0.666. The predicted molar refractivity (Wildman–Crippen MR) is 99.7 cm³/mol. The Balaban J connectivity index is 1.52. The molecule has 1 aromatic carbocycles. The molecule has 0 radical (unpaired) electrons. The molecule has 0 unspecified atom stereocenters. The number of carbonyl (C=O) groups excluding carboxylic acids is 3. The summed E-state index contributed by atoms with van der Waals surface area (Å²) in [5.41, 5.74) is 1.94. The summed E-state index contributed by atoms with van der Waals surface area (Å²) >= 11 is 1.38. The molecule has 0 saturated carbocycles. The monoisotopic (exact) mass is 369 g/mol. The molecule has 1 aliphatic carbocycles. The SMILES string of the molecule is Cc1ccc2nc(NC(=O)[C@@H](C)N3C(=O)[C@H]4CC=CC[C@@H]4C3=O)sc2c1. The van der Waals surface area contributed by atoms with Gasteiger partial charge in [-0.15, -0.1) is 0 Å². The maximum absolute atomic E-state index is 12.6. The lowest BCUT2D eigenvalue weighted by molar-refractivity contribution is -0.146. The van der Waals surface area contributed by atoms with Gasteiger partial charge in [0.25, 0.3) is 0 Å². The molecule has 26 heavy (non-hydrogen) atoms. The number of carbonyl (C=O) groups is 3. The van der Waals surface area contributed by atoms with E-state index in [2.05, 4.69) is 10.3 Å². The fraction of sp³-hybridized carbons (Fsp3) is 0.368. The first kappa shape index (κ1) is 16.9. The lowest BCUT2D eigenvalue weighted by atomic mass is 9.85. The second-order valence-corrected chi connectivity index (χ2v) is 7.89. The number of nitrogens with one attached hydrogen (secondary N) is 1. The molecule has 1 aromatic heterocycles. The molecule has 6 nitrogen and oxygen atoms in total. The lowest BCUT2D eigenvalue weighted by Crippen LogP contribution is -2.46. The number of hydrogen-bond donors (Lipinski definition) is 1. The molecule has 1 saturated heterocycles. The van der Waals surface area contributed by atoms with Gasteiger partial charge in [0, 0.05) is 0 Å². The Morgan fingerprint density at radius 2 is 1.88 bits per heavy atom. The topological polar surface area (TPSA) is 79.4 Å². The summed E-state index contributed by atoms with van der Waals surface area (Å²) in [5, 5.41) is 3.23. The van der Waals surface area contributed by atoms with E-state index in [9.17, 15) is 14.4 Å². The third-order valence-corrected chi connectivity index (χ3v) is 6.02. The number of imide groups is 1. The van der Waals surface area contributed by atoms with Crippen molar-refractivity contribution in [3.8, 4) is 0 Å². The van der Waals surface area contributed by atoms with Crippen LogP contribution in [0.2, 0.25) is 0 Å². The van der Waals surface area contributed by atoms with Gasteiger partial charge in [-0.1, -0.05) is 29.6 Å². The van der Waals surface area contributed by atoms with Crippen molar-refractivity contribution < 1.29 is 14.4 Å².